The molecule has 0 radical (unpaired) electrons. The molecule has 6 heteroatoms. The molecule has 158 valence electrons. The lowest BCUT2D eigenvalue weighted by Gasteiger charge is -2.57. The molecule has 1 heterocycles. The zero-order valence-corrected chi connectivity index (χ0v) is 18.2. The lowest BCUT2D eigenvalue weighted by molar-refractivity contribution is -0.0629. The van der Waals surface area contributed by atoms with Gasteiger partial charge < -0.3 is 4.90 Å². The van der Waals surface area contributed by atoms with Gasteiger partial charge in [-0.1, -0.05) is 0 Å². The van der Waals surface area contributed by atoms with Gasteiger partial charge in [-0.05, 0) is 98.8 Å². The first kappa shape index (κ1) is 19.6. The zero-order valence-electron chi connectivity index (χ0n) is 17.3. The Labute approximate surface area is 174 Å². The van der Waals surface area contributed by atoms with Gasteiger partial charge in [0.2, 0.25) is 10.0 Å². The summed E-state index contributed by atoms with van der Waals surface area (Å²) in [6.07, 6.45) is 9.91. The molecule has 5 aliphatic rings. The van der Waals surface area contributed by atoms with Crippen molar-refractivity contribution in [2.75, 3.05) is 26.7 Å². The van der Waals surface area contributed by atoms with Crippen LogP contribution in [0.1, 0.15) is 61.7 Å². The summed E-state index contributed by atoms with van der Waals surface area (Å²) < 4.78 is 26.9. The number of benzene rings is 1. The van der Waals surface area contributed by atoms with Crippen molar-refractivity contribution in [2.24, 2.45) is 23.2 Å². The Bertz CT molecular complexity index is 852. The van der Waals surface area contributed by atoms with E-state index >= 15 is 0 Å². The van der Waals surface area contributed by atoms with Gasteiger partial charge in [-0.2, -0.15) is 4.31 Å². The molecule has 4 bridgehead atoms. The smallest absolute Gasteiger partial charge is 0.253 e. The summed E-state index contributed by atoms with van der Waals surface area (Å²) >= 11 is 0. The van der Waals surface area contributed by atoms with Gasteiger partial charge in [-0.25, -0.2) is 8.42 Å². The number of sulfonamides is 1. The molecule has 1 aromatic carbocycles. The van der Waals surface area contributed by atoms with Crippen molar-refractivity contribution < 1.29 is 13.2 Å². The molecule has 1 amide bonds. The van der Waals surface area contributed by atoms with Crippen LogP contribution in [0.4, 0.5) is 0 Å². The fourth-order valence-electron chi connectivity index (χ4n) is 7.13. The third-order valence-corrected chi connectivity index (χ3v) is 9.80. The monoisotopic (exact) mass is 416 g/mol. The van der Waals surface area contributed by atoms with Crippen LogP contribution in [0, 0.1) is 23.2 Å². The molecule has 0 unspecified atom stereocenters. The maximum atomic E-state index is 13.1. The summed E-state index contributed by atoms with van der Waals surface area (Å²) in [5.74, 6) is 2.63. The van der Waals surface area contributed by atoms with Crippen LogP contribution >= 0.6 is 0 Å². The second-order valence-corrected chi connectivity index (χ2v) is 12.2. The maximum Gasteiger partial charge on any atom is 0.253 e. The number of carbonyl (C=O) groups excluding carboxylic acids is 1. The highest BCUT2D eigenvalue weighted by Crippen LogP contribution is 2.60. The Morgan fingerprint density at radius 2 is 1.52 bits per heavy atom. The van der Waals surface area contributed by atoms with Crippen molar-refractivity contribution in [2.45, 2.75) is 56.3 Å². The van der Waals surface area contributed by atoms with Crippen molar-refractivity contribution in [3.05, 3.63) is 29.8 Å². The highest BCUT2D eigenvalue weighted by molar-refractivity contribution is 7.89. The van der Waals surface area contributed by atoms with Gasteiger partial charge in [0.25, 0.3) is 5.91 Å². The number of nitrogens with zero attached hydrogens (tertiary/aromatic N) is 2. The third-order valence-electron chi connectivity index (χ3n) is 7.89. The van der Waals surface area contributed by atoms with Crippen molar-refractivity contribution in [3.63, 3.8) is 0 Å². The summed E-state index contributed by atoms with van der Waals surface area (Å²) in [5.41, 5.74) is 0.899. The minimum Gasteiger partial charge on any atom is -0.341 e. The molecule has 4 aliphatic carbocycles. The average Bonchev–Trinajstić information content (AvgIpc) is 3.22. The van der Waals surface area contributed by atoms with Crippen LogP contribution in [0.3, 0.4) is 0 Å². The van der Waals surface area contributed by atoms with E-state index in [1.165, 1.54) is 38.5 Å². The van der Waals surface area contributed by atoms with Crippen LogP contribution in [0.5, 0.6) is 0 Å². The number of carbonyl (C=O) groups is 1. The summed E-state index contributed by atoms with van der Waals surface area (Å²) in [4.78, 5) is 15.2. The third kappa shape index (κ3) is 3.52. The summed E-state index contributed by atoms with van der Waals surface area (Å²) in [7, 11) is -1.52. The van der Waals surface area contributed by atoms with E-state index in [-0.39, 0.29) is 5.91 Å². The first-order valence-corrected chi connectivity index (χ1v) is 12.6. The van der Waals surface area contributed by atoms with E-state index in [0.717, 1.165) is 37.1 Å². The lowest BCUT2D eigenvalue weighted by Crippen LogP contribution is -2.51. The Kier molecular flexibility index (Phi) is 4.78. The summed E-state index contributed by atoms with van der Waals surface area (Å²) in [6, 6.07) is 6.56. The molecule has 29 heavy (non-hydrogen) atoms. The van der Waals surface area contributed by atoms with Crippen LogP contribution in [0.15, 0.2) is 29.2 Å². The van der Waals surface area contributed by atoms with Crippen LogP contribution in [0.2, 0.25) is 0 Å². The molecule has 6 rings (SSSR count). The van der Waals surface area contributed by atoms with Gasteiger partial charge in [-0.15, -0.1) is 0 Å². The normalized spacial score (nSPS) is 33.9. The van der Waals surface area contributed by atoms with Gasteiger partial charge in [-0.3, -0.25) is 4.79 Å². The lowest BCUT2D eigenvalue weighted by atomic mass is 9.49. The van der Waals surface area contributed by atoms with E-state index in [2.05, 4.69) is 0 Å². The van der Waals surface area contributed by atoms with Crippen LogP contribution in [-0.2, 0) is 10.0 Å². The molecular weight excluding hydrogens is 384 g/mol. The molecule has 0 N–H and O–H groups in total. The van der Waals surface area contributed by atoms with E-state index in [1.54, 1.807) is 28.6 Å². The molecular formula is C23H32N2O3S. The second-order valence-electron chi connectivity index (χ2n) is 10.2. The van der Waals surface area contributed by atoms with E-state index in [4.69, 9.17) is 0 Å². The van der Waals surface area contributed by atoms with Crippen LogP contribution in [-0.4, -0.2) is 50.2 Å². The van der Waals surface area contributed by atoms with Crippen molar-refractivity contribution in [3.8, 4) is 0 Å². The Morgan fingerprint density at radius 1 is 1.00 bits per heavy atom. The predicted molar refractivity (Wildman–Crippen MR) is 112 cm³/mol. The fraction of sp³-hybridized carbons (Fsp3) is 0.696. The molecule has 0 spiro atoms. The van der Waals surface area contributed by atoms with Crippen molar-refractivity contribution >= 4 is 15.9 Å². The van der Waals surface area contributed by atoms with E-state index in [1.807, 2.05) is 11.9 Å². The quantitative estimate of drug-likeness (QED) is 0.734. The molecule has 5 nitrogen and oxygen atoms in total. The van der Waals surface area contributed by atoms with Gasteiger partial charge in [0, 0.05) is 32.2 Å². The SMILES string of the molecule is CN(CC12CC3CC(CC(C3)C1)C2)C(=O)c1ccc(S(=O)(=O)N2CCCC2)cc1. The Hall–Kier alpha value is -1.40. The van der Waals surface area contributed by atoms with Gasteiger partial charge in [0.1, 0.15) is 0 Å². The summed E-state index contributed by atoms with van der Waals surface area (Å²) in [5, 5.41) is 0. The van der Waals surface area contributed by atoms with E-state index < -0.39 is 10.0 Å². The second kappa shape index (κ2) is 7.09. The first-order valence-electron chi connectivity index (χ1n) is 11.2. The highest BCUT2D eigenvalue weighted by atomic mass is 32.2. The average molecular weight is 417 g/mol. The highest BCUT2D eigenvalue weighted by Gasteiger charge is 2.51. The molecule has 4 saturated carbocycles. The maximum absolute atomic E-state index is 13.1. The Balaban J connectivity index is 1.28. The largest absolute Gasteiger partial charge is 0.341 e. The van der Waals surface area contributed by atoms with E-state index in [0.29, 0.717) is 29.0 Å². The van der Waals surface area contributed by atoms with E-state index in [9.17, 15) is 13.2 Å². The van der Waals surface area contributed by atoms with Crippen molar-refractivity contribution in [1.82, 2.24) is 9.21 Å². The van der Waals surface area contributed by atoms with Crippen molar-refractivity contribution in [1.29, 1.82) is 0 Å². The standard InChI is InChI=1S/C23H32N2O3S/c1-24(16-23-13-17-10-18(14-23)12-19(11-17)15-23)22(26)20-4-6-21(7-5-20)29(27,28)25-8-2-3-9-25/h4-7,17-19H,2-3,8-16H2,1H3. The van der Waals surface area contributed by atoms with Gasteiger partial charge in [0.15, 0.2) is 0 Å². The topological polar surface area (TPSA) is 57.7 Å². The summed E-state index contributed by atoms with van der Waals surface area (Å²) in [6.45, 7) is 2.02. The van der Waals surface area contributed by atoms with Gasteiger partial charge in [0.05, 0.1) is 4.90 Å². The molecule has 1 aliphatic heterocycles. The predicted octanol–water partition coefficient (Wildman–Crippen LogP) is 3.76. The molecule has 1 aromatic rings. The van der Waals surface area contributed by atoms with Crippen LogP contribution < -0.4 is 0 Å². The fourth-order valence-corrected chi connectivity index (χ4v) is 8.64. The number of hydrogen-bond acceptors (Lipinski definition) is 3. The molecule has 0 aromatic heterocycles. The minimum atomic E-state index is -3.43. The van der Waals surface area contributed by atoms with Crippen LogP contribution in [0.25, 0.3) is 0 Å². The minimum absolute atomic E-state index is 0.00543. The molecule has 0 atom stereocenters. The number of amides is 1. The van der Waals surface area contributed by atoms with Gasteiger partial charge >= 0.3 is 0 Å². The Morgan fingerprint density at radius 3 is 2.03 bits per heavy atom. The molecule has 5 fully saturated rings. The zero-order chi connectivity index (χ0) is 20.2. The number of rotatable bonds is 5. The number of hydrogen-bond donors (Lipinski definition) is 0. The first-order chi connectivity index (χ1) is 13.8. The molecule has 1 saturated heterocycles.